The van der Waals surface area contributed by atoms with Crippen molar-refractivity contribution in [1.29, 1.82) is 0 Å². The zero-order valence-corrected chi connectivity index (χ0v) is 19.7. The molecule has 10 nitrogen and oxygen atoms in total. The number of epoxide rings is 3. The number of nitrogens with two attached hydrogens (primary N) is 1. The lowest BCUT2D eigenvalue weighted by Gasteiger charge is -2.42. The SMILES string of the molecule is CO[C@H]1C(C2(C)O[C@H]2CC2OC2(C)C)C2(CC[C@H]1OC(=O)N[C@@H](C(N)=O)C(C)(C)O)CO2. The lowest BCUT2D eigenvalue weighted by atomic mass is 9.68. The van der Waals surface area contributed by atoms with E-state index in [9.17, 15) is 14.7 Å². The monoisotopic (exact) mass is 456 g/mol. The summed E-state index contributed by atoms with van der Waals surface area (Å²) in [5.41, 5.74) is 2.87. The zero-order valence-electron chi connectivity index (χ0n) is 19.7. The number of alkyl carbamates (subject to hydrolysis) is 1. The van der Waals surface area contributed by atoms with E-state index in [0.29, 0.717) is 19.4 Å². The molecule has 3 aliphatic heterocycles. The quantitative estimate of drug-likeness (QED) is 0.450. The molecule has 8 atom stereocenters. The molecule has 182 valence electrons. The molecule has 3 heterocycles. The number of methoxy groups -OCH3 is 1. The van der Waals surface area contributed by atoms with E-state index in [4.69, 9.17) is 29.4 Å². The lowest BCUT2D eigenvalue weighted by Crippen LogP contribution is -2.59. The van der Waals surface area contributed by atoms with E-state index >= 15 is 0 Å². The van der Waals surface area contributed by atoms with Crippen molar-refractivity contribution in [3.05, 3.63) is 0 Å². The number of hydrogen-bond acceptors (Lipinski definition) is 8. The van der Waals surface area contributed by atoms with Crippen molar-refractivity contribution >= 4 is 12.0 Å². The third kappa shape index (κ3) is 4.23. The minimum atomic E-state index is -1.53. The van der Waals surface area contributed by atoms with Crippen LogP contribution in [0.25, 0.3) is 0 Å². The molecule has 4 rings (SSSR count). The van der Waals surface area contributed by atoms with Crippen LogP contribution in [0.4, 0.5) is 4.79 Å². The molecule has 1 spiro atoms. The van der Waals surface area contributed by atoms with Gasteiger partial charge in [0.2, 0.25) is 5.91 Å². The average molecular weight is 457 g/mol. The average Bonchev–Trinajstić information content (AvgIpc) is 3.61. The van der Waals surface area contributed by atoms with Crippen LogP contribution in [0.2, 0.25) is 0 Å². The Morgan fingerprint density at radius 1 is 1.25 bits per heavy atom. The molecule has 3 saturated heterocycles. The van der Waals surface area contributed by atoms with Crippen molar-refractivity contribution < 1.29 is 38.4 Å². The second-order valence-electron chi connectivity index (χ2n) is 10.9. The molecule has 0 aromatic rings. The summed E-state index contributed by atoms with van der Waals surface area (Å²) >= 11 is 0. The fourth-order valence-electron chi connectivity index (χ4n) is 5.47. The van der Waals surface area contributed by atoms with E-state index in [-0.39, 0.29) is 29.3 Å². The van der Waals surface area contributed by atoms with Crippen LogP contribution in [0.3, 0.4) is 0 Å². The Balaban J connectivity index is 1.45. The van der Waals surface area contributed by atoms with Gasteiger partial charge in [0.15, 0.2) is 0 Å². The first-order chi connectivity index (χ1) is 14.7. The molecule has 0 aromatic heterocycles. The van der Waals surface area contributed by atoms with Gasteiger partial charge in [-0.25, -0.2) is 4.79 Å². The first-order valence-electron chi connectivity index (χ1n) is 11.2. The summed E-state index contributed by atoms with van der Waals surface area (Å²) in [4.78, 5) is 24.3. The van der Waals surface area contributed by atoms with Gasteiger partial charge >= 0.3 is 6.09 Å². The van der Waals surface area contributed by atoms with E-state index in [2.05, 4.69) is 26.1 Å². The number of amides is 2. The molecule has 10 heteroatoms. The van der Waals surface area contributed by atoms with Crippen molar-refractivity contribution in [1.82, 2.24) is 5.32 Å². The van der Waals surface area contributed by atoms with Crippen LogP contribution in [0.15, 0.2) is 0 Å². The van der Waals surface area contributed by atoms with Crippen molar-refractivity contribution in [2.45, 2.75) is 107 Å². The van der Waals surface area contributed by atoms with Gasteiger partial charge in [0.1, 0.15) is 29.5 Å². The Morgan fingerprint density at radius 2 is 1.88 bits per heavy atom. The van der Waals surface area contributed by atoms with Gasteiger partial charge in [0, 0.05) is 13.5 Å². The fourth-order valence-corrected chi connectivity index (χ4v) is 5.47. The molecule has 2 amide bonds. The van der Waals surface area contributed by atoms with Crippen LogP contribution in [0.1, 0.15) is 53.9 Å². The summed E-state index contributed by atoms with van der Waals surface area (Å²) in [5.74, 6) is -0.976. The van der Waals surface area contributed by atoms with Crippen molar-refractivity contribution in [2.75, 3.05) is 13.7 Å². The second kappa shape index (κ2) is 7.53. The van der Waals surface area contributed by atoms with Crippen LogP contribution in [0, 0.1) is 5.92 Å². The Labute approximate surface area is 188 Å². The van der Waals surface area contributed by atoms with E-state index in [0.717, 1.165) is 6.42 Å². The predicted octanol–water partition coefficient (Wildman–Crippen LogP) is 0.625. The molecule has 0 radical (unpaired) electrons. The number of carbonyl (C=O) groups excluding carboxylic acids is 2. The van der Waals surface area contributed by atoms with E-state index in [1.165, 1.54) is 13.8 Å². The van der Waals surface area contributed by atoms with Crippen LogP contribution in [0.5, 0.6) is 0 Å². The third-order valence-corrected chi connectivity index (χ3v) is 7.60. The summed E-state index contributed by atoms with van der Waals surface area (Å²) < 4.78 is 29.4. The highest BCUT2D eigenvalue weighted by Gasteiger charge is 2.73. The van der Waals surface area contributed by atoms with Crippen molar-refractivity contribution in [2.24, 2.45) is 11.7 Å². The van der Waals surface area contributed by atoms with Crippen LogP contribution in [-0.4, -0.2) is 83.7 Å². The van der Waals surface area contributed by atoms with Gasteiger partial charge in [0.05, 0.1) is 35.9 Å². The Kier molecular flexibility index (Phi) is 5.57. The minimum Gasteiger partial charge on any atom is -0.443 e. The molecule has 1 saturated carbocycles. The smallest absolute Gasteiger partial charge is 0.408 e. The number of carbonyl (C=O) groups is 2. The number of nitrogens with one attached hydrogen (secondary N) is 1. The standard InChI is InChI=1S/C22H36N2O8/c1-19(2,27)16(17(23)25)24-18(26)30-11-7-8-22(10-29-22)15(14(11)28-6)21(5)13(32-21)9-12-20(3,4)31-12/h11-16,27H,7-10H2,1-6H3,(H2,23,25)(H,24,26)/t11-,12?,13+,14-,15?,16+,21?,22?/m1/s1. The van der Waals surface area contributed by atoms with Gasteiger partial charge in [-0.1, -0.05) is 0 Å². The van der Waals surface area contributed by atoms with E-state index in [1.54, 1.807) is 7.11 Å². The van der Waals surface area contributed by atoms with Gasteiger partial charge in [-0.05, 0) is 47.5 Å². The highest BCUT2D eigenvalue weighted by Crippen LogP contribution is 2.60. The Morgan fingerprint density at radius 3 is 2.34 bits per heavy atom. The van der Waals surface area contributed by atoms with Gasteiger partial charge in [-0.15, -0.1) is 0 Å². The molecular formula is C22H36N2O8. The minimum absolute atomic E-state index is 0.0139. The van der Waals surface area contributed by atoms with Gasteiger partial charge < -0.3 is 39.8 Å². The summed E-state index contributed by atoms with van der Waals surface area (Å²) in [7, 11) is 1.59. The summed E-state index contributed by atoms with van der Waals surface area (Å²) in [6.07, 6.45) is 0.383. The maximum Gasteiger partial charge on any atom is 0.408 e. The van der Waals surface area contributed by atoms with Gasteiger partial charge in [0.25, 0.3) is 0 Å². The topological polar surface area (TPSA) is 148 Å². The van der Waals surface area contributed by atoms with E-state index in [1.807, 2.05) is 0 Å². The third-order valence-electron chi connectivity index (χ3n) is 7.60. The molecule has 0 bridgehead atoms. The van der Waals surface area contributed by atoms with Crippen molar-refractivity contribution in [3.8, 4) is 0 Å². The molecule has 4 unspecified atom stereocenters. The largest absolute Gasteiger partial charge is 0.443 e. The Hall–Kier alpha value is -1.46. The van der Waals surface area contributed by atoms with Crippen LogP contribution < -0.4 is 11.1 Å². The number of rotatable bonds is 8. The molecule has 32 heavy (non-hydrogen) atoms. The lowest BCUT2D eigenvalue weighted by molar-refractivity contribution is -0.127. The van der Waals surface area contributed by atoms with Gasteiger partial charge in [-0.2, -0.15) is 0 Å². The molecule has 4 aliphatic rings. The normalized spacial score (nSPS) is 42.8. The first-order valence-corrected chi connectivity index (χ1v) is 11.2. The molecule has 0 aromatic carbocycles. The number of primary amides is 1. The maximum atomic E-state index is 12.6. The second-order valence-corrected chi connectivity index (χ2v) is 10.9. The molecule has 4 fully saturated rings. The molecular weight excluding hydrogens is 420 g/mol. The molecule has 4 N–H and O–H groups in total. The summed E-state index contributed by atoms with van der Waals surface area (Å²) in [6.45, 7) is 9.60. The predicted molar refractivity (Wildman–Crippen MR) is 112 cm³/mol. The zero-order chi connectivity index (χ0) is 23.7. The Bertz CT molecular complexity index is 776. The summed E-state index contributed by atoms with van der Waals surface area (Å²) in [6, 6.07) is -1.29. The summed E-state index contributed by atoms with van der Waals surface area (Å²) in [5, 5.41) is 12.5. The highest BCUT2D eigenvalue weighted by atomic mass is 16.6. The molecule has 1 aliphatic carbocycles. The fraction of sp³-hybridized carbons (Fsp3) is 0.909. The van der Waals surface area contributed by atoms with Gasteiger partial charge in [-0.3, -0.25) is 4.79 Å². The van der Waals surface area contributed by atoms with Crippen molar-refractivity contribution in [3.63, 3.8) is 0 Å². The van der Waals surface area contributed by atoms with E-state index < -0.39 is 41.5 Å². The highest BCUT2D eigenvalue weighted by molar-refractivity contribution is 5.85. The maximum absolute atomic E-state index is 12.6. The number of aliphatic hydroxyl groups is 1. The number of ether oxygens (including phenoxy) is 5. The first kappa shape index (κ1) is 23.7. The van der Waals surface area contributed by atoms with Crippen LogP contribution in [-0.2, 0) is 28.5 Å². The van der Waals surface area contributed by atoms with Crippen LogP contribution >= 0.6 is 0 Å². The number of hydrogen-bond donors (Lipinski definition) is 3.